The first-order valence-electron chi connectivity index (χ1n) is 8.16. The van der Waals surface area contributed by atoms with Crippen LogP contribution in [0.15, 0.2) is 42.6 Å². The molecule has 0 spiro atoms. The lowest BCUT2D eigenvalue weighted by atomic mass is 9.96. The van der Waals surface area contributed by atoms with Gasteiger partial charge in [-0.3, -0.25) is 0 Å². The number of benzene rings is 2. The van der Waals surface area contributed by atoms with Crippen LogP contribution in [0.2, 0.25) is 0 Å². The van der Waals surface area contributed by atoms with E-state index in [9.17, 15) is 0 Å². The molecule has 2 aromatic rings. The minimum Gasteiger partial charge on any atom is -0.343 e. The molecule has 0 bridgehead atoms. The Morgan fingerprint density at radius 1 is 1.00 bits per heavy atom. The van der Waals surface area contributed by atoms with Gasteiger partial charge in [-0.2, -0.15) is 0 Å². The van der Waals surface area contributed by atoms with Crippen molar-refractivity contribution < 1.29 is 0 Å². The van der Waals surface area contributed by atoms with E-state index in [1.165, 1.54) is 33.5 Å². The third kappa shape index (κ3) is 3.24. The summed E-state index contributed by atoms with van der Waals surface area (Å²) in [5.41, 5.74) is 8.16. The Bertz CT molecular complexity index is 690. The van der Waals surface area contributed by atoms with E-state index in [0.717, 1.165) is 13.0 Å². The zero-order valence-corrected chi connectivity index (χ0v) is 14.1. The average molecular weight is 291 g/mol. The molecule has 0 amide bonds. The van der Waals surface area contributed by atoms with Crippen molar-refractivity contribution in [1.29, 1.82) is 0 Å². The van der Waals surface area contributed by atoms with Crippen molar-refractivity contribution in [3.63, 3.8) is 0 Å². The molecule has 0 atom stereocenters. The lowest BCUT2D eigenvalue weighted by Crippen LogP contribution is -2.19. The van der Waals surface area contributed by atoms with E-state index in [4.69, 9.17) is 0 Å². The second kappa shape index (κ2) is 6.00. The summed E-state index contributed by atoms with van der Waals surface area (Å²) in [7, 11) is 0. The van der Waals surface area contributed by atoms with Crippen molar-refractivity contribution in [3.8, 4) is 0 Å². The molecule has 0 unspecified atom stereocenters. The Balaban J connectivity index is 1.89. The number of anilines is 1. The van der Waals surface area contributed by atoms with Crippen molar-refractivity contribution in [1.82, 2.24) is 0 Å². The normalized spacial score (nSPS) is 13.6. The first kappa shape index (κ1) is 14.9. The monoisotopic (exact) mass is 291 g/mol. The van der Waals surface area contributed by atoms with E-state index in [-0.39, 0.29) is 0 Å². The van der Waals surface area contributed by atoms with E-state index < -0.39 is 0 Å². The molecular formula is C21H25N. The number of rotatable bonds is 3. The van der Waals surface area contributed by atoms with E-state index in [0.29, 0.717) is 5.92 Å². The van der Waals surface area contributed by atoms with Crippen molar-refractivity contribution in [3.05, 3.63) is 70.4 Å². The highest BCUT2D eigenvalue weighted by Crippen LogP contribution is 2.27. The van der Waals surface area contributed by atoms with E-state index in [1.807, 2.05) is 0 Å². The summed E-state index contributed by atoms with van der Waals surface area (Å²) in [5.74, 6) is 0.702. The Hall–Kier alpha value is -2.02. The summed E-state index contributed by atoms with van der Waals surface area (Å²) >= 11 is 0. The third-order valence-electron chi connectivity index (χ3n) is 4.16. The van der Waals surface area contributed by atoms with Crippen LogP contribution in [0.1, 0.15) is 41.7 Å². The van der Waals surface area contributed by atoms with Gasteiger partial charge >= 0.3 is 0 Å². The molecule has 22 heavy (non-hydrogen) atoms. The Morgan fingerprint density at radius 2 is 1.73 bits per heavy atom. The fraction of sp³-hybridized carbons (Fsp3) is 0.333. The SMILES string of the molecule is Cc1cc(C)cc(N2C=Cc3ccc(CC(C)C)cc3C2)c1. The number of hydrogen-bond acceptors (Lipinski definition) is 1. The van der Waals surface area contributed by atoms with E-state index in [2.05, 4.69) is 81.3 Å². The van der Waals surface area contributed by atoms with Gasteiger partial charge in [-0.15, -0.1) is 0 Å². The summed E-state index contributed by atoms with van der Waals surface area (Å²) in [6.07, 6.45) is 5.59. The van der Waals surface area contributed by atoms with Crippen molar-refractivity contribution in [2.75, 3.05) is 4.90 Å². The maximum atomic E-state index is 2.38. The molecule has 0 radical (unpaired) electrons. The molecule has 2 aromatic carbocycles. The highest BCUT2D eigenvalue weighted by atomic mass is 15.1. The molecule has 0 N–H and O–H groups in total. The molecule has 0 aliphatic carbocycles. The zero-order chi connectivity index (χ0) is 15.7. The van der Waals surface area contributed by atoms with Gasteiger partial charge in [-0.1, -0.05) is 38.1 Å². The van der Waals surface area contributed by atoms with E-state index in [1.54, 1.807) is 0 Å². The van der Waals surface area contributed by atoms with Gasteiger partial charge in [0.2, 0.25) is 0 Å². The highest BCUT2D eigenvalue weighted by Gasteiger charge is 2.13. The van der Waals surface area contributed by atoms with Crippen LogP contribution in [0.3, 0.4) is 0 Å². The maximum absolute atomic E-state index is 2.38. The Morgan fingerprint density at radius 3 is 2.41 bits per heavy atom. The molecule has 0 aromatic heterocycles. The van der Waals surface area contributed by atoms with Crippen LogP contribution in [-0.4, -0.2) is 0 Å². The number of hydrogen-bond donors (Lipinski definition) is 0. The molecular weight excluding hydrogens is 266 g/mol. The molecule has 114 valence electrons. The van der Waals surface area contributed by atoms with Crippen LogP contribution in [0.25, 0.3) is 6.08 Å². The van der Waals surface area contributed by atoms with Crippen molar-refractivity contribution in [2.24, 2.45) is 5.92 Å². The fourth-order valence-corrected chi connectivity index (χ4v) is 3.26. The molecule has 1 heterocycles. The third-order valence-corrected chi connectivity index (χ3v) is 4.16. The van der Waals surface area contributed by atoms with Gasteiger partial charge in [0.15, 0.2) is 0 Å². The van der Waals surface area contributed by atoms with Gasteiger partial charge in [0, 0.05) is 18.4 Å². The minimum atomic E-state index is 0.702. The molecule has 1 nitrogen and oxygen atoms in total. The van der Waals surface area contributed by atoms with E-state index >= 15 is 0 Å². The predicted molar refractivity (Wildman–Crippen MR) is 96.1 cm³/mol. The standard InChI is InChI=1S/C21H25N/c1-15(2)9-18-5-6-19-7-8-22(14-20(19)13-18)21-11-16(3)10-17(4)12-21/h5-8,10-13,15H,9,14H2,1-4H3. The molecule has 1 aliphatic heterocycles. The van der Waals surface area contributed by atoms with Crippen LogP contribution < -0.4 is 4.90 Å². The van der Waals surface area contributed by atoms with Crippen LogP contribution in [0.5, 0.6) is 0 Å². The summed E-state index contributed by atoms with van der Waals surface area (Å²) in [6.45, 7) is 9.85. The smallest absolute Gasteiger partial charge is 0.0481 e. The summed E-state index contributed by atoms with van der Waals surface area (Å²) < 4.78 is 0. The Kier molecular flexibility index (Phi) is 4.06. The molecule has 0 fully saturated rings. The number of nitrogens with zero attached hydrogens (tertiary/aromatic N) is 1. The topological polar surface area (TPSA) is 3.24 Å². The van der Waals surface area contributed by atoms with Crippen molar-refractivity contribution >= 4 is 11.8 Å². The lowest BCUT2D eigenvalue weighted by Gasteiger charge is -2.26. The molecule has 1 heteroatoms. The number of fused-ring (bicyclic) bond motifs is 1. The largest absolute Gasteiger partial charge is 0.343 e. The van der Waals surface area contributed by atoms with Crippen LogP contribution >= 0.6 is 0 Å². The highest BCUT2D eigenvalue weighted by molar-refractivity contribution is 5.65. The van der Waals surface area contributed by atoms with Gasteiger partial charge in [0.25, 0.3) is 0 Å². The zero-order valence-electron chi connectivity index (χ0n) is 14.1. The first-order chi connectivity index (χ1) is 10.5. The quantitative estimate of drug-likeness (QED) is 0.722. The summed E-state index contributed by atoms with van der Waals surface area (Å²) in [6, 6.07) is 13.7. The molecule has 3 rings (SSSR count). The predicted octanol–water partition coefficient (Wildman–Crippen LogP) is 5.49. The summed E-state index contributed by atoms with van der Waals surface area (Å²) in [4.78, 5) is 2.35. The van der Waals surface area contributed by atoms with Gasteiger partial charge in [0.1, 0.15) is 0 Å². The van der Waals surface area contributed by atoms with Gasteiger partial charge in [0.05, 0.1) is 0 Å². The Labute approximate surface area is 134 Å². The lowest BCUT2D eigenvalue weighted by molar-refractivity contribution is 0.646. The average Bonchev–Trinajstić information content (AvgIpc) is 2.45. The second-order valence-corrected chi connectivity index (χ2v) is 6.92. The minimum absolute atomic E-state index is 0.702. The van der Waals surface area contributed by atoms with Crippen LogP contribution in [0.4, 0.5) is 5.69 Å². The van der Waals surface area contributed by atoms with Crippen LogP contribution in [0, 0.1) is 19.8 Å². The van der Waals surface area contributed by atoms with Gasteiger partial charge in [-0.05, 0) is 72.2 Å². The number of aryl methyl sites for hydroxylation is 2. The molecule has 1 aliphatic rings. The van der Waals surface area contributed by atoms with Crippen LogP contribution in [-0.2, 0) is 13.0 Å². The maximum Gasteiger partial charge on any atom is 0.0481 e. The van der Waals surface area contributed by atoms with Gasteiger partial charge in [-0.25, -0.2) is 0 Å². The van der Waals surface area contributed by atoms with Crippen molar-refractivity contribution in [2.45, 2.75) is 40.7 Å². The fourth-order valence-electron chi connectivity index (χ4n) is 3.26. The second-order valence-electron chi connectivity index (χ2n) is 6.92. The van der Waals surface area contributed by atoms with Gasteiger partial charge < -0.3 is 4.90 Å². The first-order valence-corrected chi connectivity index (χ1v) is 8.16. The summed E-state index contributed by atoms with van der Waals surface area (Å²) in [5, 5.41) is 0. The molecule has 0 saturated carbocycles. The molecule has 0 saturated heterocycles.